The maximum Gasteiger partial charge on any atom is 0.290 e. The fraction of sp³-hybridized carbons (Fsp3) is 0.476. The molecular weight excluding hydrogens is 386 g/mol. The molecule has 2 aliphatic rings. The summed E-state index contributed by atoms with van der Waals surface area (Å²) in [7, 11) is 3.98. The van der Waals surface area contributed by atoms with E-state index in [2.05, 4.69) is 14.9 Å². The van der Waals surface area contributed by atoms with E-state index < -0.39 is 0 Å². The van der Waals surface area contributed by atoms with E-state index in [1.807, 2.05) is 54.4 Å². The third-order valence-electron chi connectivity index (χ3n) is 5.36. The third-order valence-corrected chi connectivity index (χ3v) is 5.36. The van der Waals surface area contributed by atoms with Crippen LogP contribution in [0.5, 0.6) is 0 Å². The Morgan fingerprint density at radius 3 is 2.83 bits per heavy atom. The SMILES string of the molecule is CN(C)c1cccc(C(=O)N2C[C@H]3COC[C@@H]2CN(Cc2cnc[nH]2)C3)c1.O=CO. The standard InChI is InChI=1S/C20H27N5O2.CH2O2/c1-23(2)18-5-3-4-16(6-18)20(26)25-9-15-8-24(10-17-7-21-14-22-17)11-19(25)13-27-12-15;2-1-3/h3-7,14-15,19H,8-13H2,1-2H3,(H,21,22);1H,(H,2,3)/t15-,19-;/m0./s1. The zero-order valence-electron chi connectivity index (χ0n) is 17.4. The molecule has 2 fully saturated rings. The number of carbonyl (C=O) groups is 2. The molecule has 9 heteroatoms. The highest BCUT2D eigenvalue weighted by Crippen LogP contribution is 2.24. The summed E-state index contributed by atoms with van der Waals surface area (Å²) in [5.74, 6) is 0.420. The van der Waals surface area contributed by atoms with Crippen LogP contribution in [0.15, 0.2) is 36.8 Å². The number of rotatable bonds is 4. The van der Waals surface area contributed by atoms with Crippen molar-refractivity contribution in [3.05, 3.63) is 48.0 Å². The van der Waals surface area contributed by atoms with Crippen LogP contribution in [0.3, 0.4) is 0 Å². The highest BCUT2D eigenvalue weighted by Gasteiger charge is 2.36. The number of H-pyrrole nitrogens is 1. The minimum Gasteiger partial charge on any atom is -0.483 e. The van der Waals surface area contributed by atoms with Crippen LogP contribution in [0.25, 0.3) is 0 Å². The minimum absolute atomic E-state index is 0.0657. The van der Waals surface area contributed by atoms with E-state index in [1.54, 1.807) is 6.33 Å². The van der Waals surface area contributed by atoms with Crippen LogP contribution in [0, 0.1) is 5.92 Å². The predicted octanol–water partition coefficient (Wildman–Crippen LogP) is 1.15. The number of amides is 1. The number of nitrogens with zero attached hydrogens (tertiary/aromatic N) is 4. The maximum absolute atomic E-state index is 13.3. The molecule has 0 saturated carbocycles. The molecule has 2 atom stereocenters. The van der Waals surface area contributed by atoms with E-state index in [9.17, 15) is 4.79 Å². The lowest BCUT2D eigenvalue weighted by molar-refractivity contribution is -0.122. The summed E-state index contributed by atoms with van der Waals surface area (Å²) in [4.78, 5) is 35.4. The molecule has 1 aromatic heterocycles. The van der Waals surface area contributed by atoms with E-state index in [0.717, 1.165) is 43.1 Å². The molecule has 0 aliphatic carbocycles. The summed E-state index contributed by atoms with van der Waals surface area (Å²) >= 11 is 0. The Hall–Kier alpha value is -2.91. The second-order valence-corrected chi connectivity index (χ2v) is 7.84. The van der Waals surface area contributed by atoms with Crippen molar-refractivity contribution >= 4 is 18.1 Å². The van der Waals surface area contributed by atoms with Gasteiger partial charge in [0.25, 0.3) is 12.4 Å². The fourth-order valence-corrected chi connectivity index (χ4v) is 4.01. The van der Waals surface area contributed by atoms with Gasteiger partial charge in [-0.2, -0.15) is 0 Å². The average Bonchev–Trinajstić information content (AvgIpc) is 3.06. The third kappa shape index (κ3) is 5.37. The Kier molecular flexibility index (Phi) is 7.42. The molecular formula is C21H29N5O4. The summed E-state index contributed by atoms with van der Waals surface area (Å²) in [5, 5.41) is 6.89. The Morgan fingerprint density at radius 1 is 1.33 bits per heavy atom. The fourth-order valence-electron chi connectivity index (χ4n) is 4.01. The van der Waals surface area contributed by atoms with Crippen molar-refractivity contribution in [3.63, 3.8) is 0 Å². The first-order chi connectivity index (χ1) is 14.5. The number of aromatic nitrogens is 2. The molecule has 4 rings (SSSR count). The molecule has 3 heterocycles. The van der Waals surface area contributed by atoms with Crippen molar-refractivity contribution in [2.75, 3.05) is 51.8 Å². The summed E-state index contributed by atoms with van der Waals surface area (Å²) in [6, 6.07) is 7.92. The van der Waals surface area contributed by atoms with Gasteiger partial charge in [-0.25, -0.2) is 4.98 Å². The highest BCUT2D eigenvalue weighted by molar-refractivity contribution is 5.95. The number of nitrogens with one attached hydrogen (secondary N) is 1. The monoisotopic (exact) mass is 415 g/mol. The van der Waals surface area contributed by atoms with Gasteiger partial charge >= 0.3 is 0 Å². The number of fused-ring (bicyclic) bond motifs is 3. The number of benzene rings is 1. The lowest BCUT2D eigenvalue weighted by Gasteiger charge is -2.31. The Morgan fingerprint density at radius 2 is 2.13 bits per heavy atom. The molecule has 30 heavy (non-hydrogen) atoms. The lowest BCUT2D eigenvalue weighted by Crippen LogP contribution is -2.46. The van der Waals surface area contributed by atoms with Gasteiger partial charge in [-0.05, 0) is 18.2 Å². The number of anilines is 1. The minimum atomic E-state index is -0.250. The Balaban J connectivity index is 0.000000806. The number of carbonyl (C=O) groups excluding carboxylic acids is 1. The molecule has 2 N–H and O–H groups in total. The van der Waals surface area contributed by atoms with Crippen LogP contribution in [0.4, 0.5) is 5.69 Å². The van der Waals surface area contributed by atoms with Crippen LogP contribution >= 0.6 is 0 Å². The Bertz CT molecular complexity index is 827. The smallest absolute Gasteiger partial charge is 0.290 e. The largest absolute Gasteiger partial charge is 0.483 e. The summed E-state index contributed by atoms with van der Waals surface area (Å²) in [6.45, 7) is 4.36. The zero-order valence-corrected chi connectivity index (χ0v) is 17.4. The van der Waals surface area contributed by atoms with E-state index in [1.165, 1.54) is 0 Å². The van der Waals surface area contributed by atoms with Crippen molar-refractivity contribution in [1.82, 2.24) is 19.8 Å². The van der Waals surface area contributed by atoms with Crippen LogP contribution < -0.4 is 4.90 Å². The molecule has 1 amide bonds. The molecule has 2 bridgehead atoms. The lowest BCUT2D eigenvalue weighted by atomic mass is 10.1. The summed E-state index contributed by atoms with van der Waals surface area (Å²) in [6.07, 6.45) is 3.58. The van der Waals surface area contributed by atoms with Crippen molar-refractivity contribution in [3.8, 4) is 0 Å². The van der Waals surface area contributed by atoms with Gasteiger partial charge in [0, 0.05) is 69.3 Å². The van der Waals surface area contributed by atoms with Gasteiger partial charge in [-0.3, -0.25) is 14.5 Å². The van der Waals surface area contributed by atoms with Crippen LogP contribution in [0.1, 0.15) is 16.1 Å². The molecule has 162 valence electrons. The van der Waals surface area contributed by atoms with Gasteiger partial charge in [0.2, 0.25) is 0 Å². The van der Waals surface area contributed by atoms with E-state index in [4.69, 9.17) is 14.6 Å². The number of imidazole rings is 1. The molecule has 0 spiro atoms. The Labute approximate surface area is 176 Å². The van der Waals surface area contributed by atoms with Gasteiger partial charge in [-0.15, -0.1) is 0 Å². The first kappa shape index (κ1) is 21.8. The van der Waals surface area contributed by atoms with Gasteiger partial charge in [0.05, 0.1) is 25.6 Å². The average molecular weight is 415 g/mol. The number of aromatic amines is 1. The quantitative estimate of drug-likeness (QED) is 0.722. The van der Waals surface area contributed by atoms with Gasteiger partial charge in [-0.1, -0.05) is 6.07 Å². The number of hydrogen-bond donors (Lipinski definition) is 2. The number of carboxylic acid groups (broad SMARTS) is 1. The second-order valence-electron chi connectivity index (χ2n) is 7.84. The van der Waals surface area contributed by atoms with Gasteiger partial charge in [0.1, 0.15) is 0 Å². The van der Waals surface area contributed by atoms with Gasteiger partial charge in [0.15, 0.2) is 0 Å². The van der Waals surface area contributed by atoms with Crippen LogP contribution in [-0.2, 0) is 16.1 Å². The molecule has 0 radical (unpaired) electrons. The van der Waals surface area contributed by atoms with Crippen molar-refractivity contribution in [1.29, 1.82) is 0 Å². The van der Waals surface area contributed by atoms with Gasteiger partial charge < -0.3 is 24.6 Å². The van der Waals surface area contributed by atoms with Crippen molar-refractivity contribution in [2.45, 2.75) is 12.6 Å². The van der Waals surface area contributed by atoms with E-state index in [-0.39, 0.29) is 18.4 Å². The van der Waals surface area contributed by atoms with E-state index in [0.29, 0.717) is 19.1 Å². The topological polar surface area (TPSA) is 102 Å². The van der Waals surface area contributed by atoms with Crippen molar-refractivity contribution in [2.24, 2.45) is 5.92 Å². The molecule has 2 aliphatic heterocycles. The molecule has 1 aromatic carbocycles. The second kappa shape index (κ2) is 10.2. The first-order valence-electron chi connectivity index (χ1n) is 9.95. The number of hydrogen-bond acceptors (Lipinski definition) is 6. The maximum atomic E-state index is 13.3. The molecule has 2 aromatic rings. The highest BCUT2D eigenvalue weighted by atomic mass is 16.5. The normalized spacial score (nSPS) is 21.2. The van der Waals surface area contributed by atoms with Crippen molar-refractivity contribution < 1.29 is 19.4 Å². The summed E-state index contributed by atoms with van der Waals surface area (Å²) in [5.41, 5.74) is 2.89. The number of ether oxygens (including phenoxy) is 1. The van der Waals surface area contributed by atoms with E-state index >= 15 is 0 Å². The zero-order chi connectivity index (χ0) is 21.5. The van der Waals surface area contributed by atoms with Crippen LogP contribution in [-0.4, -0.2) is 90.2 Å². The molecule has 0 unspecified atom stereocenters. The predicted molar refractivity (Wildman–Crippen MR) is 112 cm³/mol. The molecule has 9 nitrogen and oxygen atoms in total. The molecule has 2 saturated heterocycles. The van der Waals surface area contributed by atoms with Crippen LogP contribution in [0.2, 0.25) is 0 Å². The summed E-state index contributed by atoms with van der Waals surface area (Å²) < 4.78 is 5.87. The first-order valence-corrected chi connectivity index (χ1v) is 9.95.